The first-order chi connectivity index (χ1) is 8.61. The zero-order chi connectivity index (χ0) is 13.5. The molecule has 1 N–H and O–H groups in total. The molecule has 0 saturated carbocycles. The van der Waals surface area contributed by atoms with E-state index in [9.17, 15) is 4.79 Å². The van der Waals surface area contributed by atoms with Crippen LogP contribution in [0.25, 0.3) is 0 Å². The highest BCUT2D eigenvalue weighted by Gasteiger charge is 2.13. The third-order valence-corrected chi connectivity index (χ3v) is 2.83. The lowest BCUT2D eigenvalue weighted by molar-refractivity contribution is 0.569. The van der Waals surface area contributed by atoms with E-state index < -0.39 is 0 Å². The topological polar surface area (TPSA) is 50.2 Å². The summed E-state index contributed by atoms with van der Waals surface area (Å²) in [5.41, 5.74) is -0.00273. The second-order valence-electron chi connectivity index (χ2n) is 4.65. The lowest BCUT2D eigenvalue weighted by Crippen LogP contribution is -2.38. The van der Waals surface area contributed by atoms with Crippen LogP contribution in [0.4, 0.5) is 5.82 Å². The smallest absolute Gasteiger partial charge is 0.293 e. The molecule has 0 atom stereocenters. The summed E-state index contributed by atoms with van der Waals surface area (Å²) in [4.78, 5) is 18.6. The third kappa shape index (κ3) is 3.57. The fraction of sp³-hybridized carbons (Fsp3) is 0.692. The van der Waals surface area contributed by atoms with E-state index in [0.29, 0.717) is 5.82 Å². The van der Waals surface area contributed by atoms with Crippen molar-refractivity contribution in [1.29, 1.82) is 0 Å². The van der Waals surface area contributed by atoms with Crippen LogP contribution in [0.15, 0.2) is 17.2 Å². The molecular formula is C13H24N4O. The molecular weight excluding hydrogens is 228 g/mol. The Kier molecular flexibility index (Phi) is 5.85. The second-order valence-corrected chi connectivity index (χ2v) is 4.65. The molecule has 0 aromatic carbocycles. The average Bonchev–Trinajstić information content (AvgIpc) is 2.34. The molecule has 1 aromatic rings. The van der Waals surface area contributed by atoms with E-state index in [-0.39, 0.29) is 11.6 Å². The van der Waals surface area contributed by atoms with Gasteiger partial charge in [-0.1, -0.05) is 6.92 Å². The molecule has 0 saturated heterocycles. The quantitative estimate of drug-likeness (QED) is 0.794. The number of hydrogen-bond acceptors (Lipinski definition) is 4. The van der Waals surface area contributed by atoms with Gasteiger partial charge >= 0.3 is 0 Å². The predicted octanol–water partition coefficient (Wildman–Crippen LogP) is 1.26. The van der Waals surface area contributed by atoms with Gasteiger partial charge in [0.25, 0.3) is 5.56 Å². The highest BCUT2D eigenvalue weighted by Crippen LogP contribution is 2.07. The second kappa shape index (κ2) is 7.16. The van der Waals surface area contributed by atoms with Crippen LogP contribution in [0, 0.1) is 0 Å². The summed E-state index contributed by atoms with van der Waals surface area (Å²) >= 11 is 0. The third-order valence-electron chi connectivity index (χ3n) is 2.83. The Labute approximate surface area is 109 Å². The molecule has 0 amide bonds. The van der Waals surface area contributed by atoms with E-state index in [0.717, 1.165) is 26.1 Å². The van der Waals surface area contributed by atoms with E-state index in [1.165, 1.54) is 0 Å². The number of anilines is 1. The van der Waals surface area contributed by atoms with E-state index in [1.807, 2.05) is 20.9 Å². The van der Waals surface area contributed by atoms with Gasteiger partial charge in [-0.15, -0.1) is 0 Å². The van der Waals surface area contributed by atoms with Gasteiger partial charge in [-0.2, -0.15) is 0 Å². The van der Waals surface area contributed by atoms with E-state index >= 15 is 0 Å². The van der Waals surface area contributed by atoms with E-state index in [2.05, 4.69) is 22.1 Å². The van der Waals surface area contributed by atoms with Crippen molar-refractivity contribution in [2.75, 3.05) is 31.6 Å². The van der Waals surface area contributed by atoms with Gasteiger partial charge in [0.1, 0.15) is 0 Å². The molecule has 0 aliphatic carbocycles. The molecule has 0 aliphatic rings. The van der Waals surface area contributed by atoms with Crippen molar-refractivity contribution in [2.45, 2.75) is 33.2 Å². The summed E-state index contributed by atoms with van der Waals surface area (Å²) in [5.74, 6) is 0.559. The van der Waals surface area contributed by atoms with Crippen LogP contribution in [-0.4, -0.2) is 36.2 Å². The maximum Gasteiger partial charge on any atom is 0.293 e. The van der Waals surface area contributed by atoms with Crippen LogP contribution in [0.2, 0.25) is 0 Å². The number of likely N-dealkylation sites (N-methyl/N-ethyl adjacent to an activating group) is 1. The van der Waals surface area contributed by atoms with Gasteiger partial charge in [0, 0.05) is 38.1 Å². The Morgan fingerprint density at radius 1 is 1.44 bits per heavy atom. The number of rotatable bonds is 7. The molecule has 1 heterocycles. The molecule has 0 bridgehead atoms. The van der Waals surface area contributed by atoms with Gasteiger partial charge < -0.3 is 14.8 Å². The molecule has 1 aromatic heterocycles. The van der Waals surface area contributed by atoms with Crippen molar-refractivity contribution < 1.29 is 0 Å². The van der Waals surface area contributed by atoms with E-state index in [1.54, 1.807) is 17.0 Å². The molecule has 1 rings (SSSR count). The number of nitrogens with one attached hydrogen (secondary N) is 1. The number of aromatic nitrogens is 2. The Morgan fingerprint density at radius 3 is 2.72 bits per heavy atom. The highest BCUT2D eigenvalue weighted by molar-refractivity contribution is 5.35. The van der Waals surface area contributed by atoms with Crippen molar-refractivity contribution in [1.82, 2.24) is 14.9 Å². The molecule has 0 spiro atoms. The molecule has 5 nitrogen and oxygen atoms in total. The van der Waals surface area contributed by atoms with E-state index in [4.69, 9.17) is 0 Å². The standard InChI is InChI=1S/C13H24N4O/c1-5-8-16(9-6-14-4)12-13(18)17(11(2)3)10-7-15-12/h7,10-11,14H,5-6,8-9H2,1-4H3. The van der Waals surface area contributed by atoms with Crippen molar-refractivity contribution in [2.24, 2.45) is 0 Å². The van der Waals surface area contributed by atoms with Gasteiger partial charge in [-0.3, -0.25) is 4.79 Å². The van der Waals surface area contributed by atoms with Gasteiger partial charge in [0.2, 0.25) is 0 Å². The molecule has 0 fully saturated rings. The summed E-state index contributed by atoms with van der Waals surface area (Å²) in [6.07, 6.45) is 4.46. The summed E-state index contributed by atoms with van der Waals surface area (Å²) in [7, 11) is 1.91. The Bertz CT molecular complexity index is 414. The Hall–Kier alpha value is -1.36. The zero-order valence-electron chi connectivity index (χ0n) is 11.8. The van der Waals surface area contributed by atoms with Crippen molar-refractivity contribution in [3.63, 3.8) is 0 Å². The van der Waals surface area contributed by atoms with Crippen LogP contribution in [0.1, 0.15) is 33.2 Å². The minimum atomic E-state index is -0.00273. The minimum absolute atomic E-state index is 0.00273. The summed E-state index contributed by atoms with van der Waals surface area (Å²) in [6.45, 7) is 8.61. The maximum absolute atomic E-state index is 12.3. The van der Waals surface area contributed by atoms with Crippen molar-refractivity contribution >= 4 is 5.82 Å². The fourth-order valence-electron chi connectivity index (χ4n) is 1.88. The lowest BCUT2D eigenvalue weighted by atomic mass is 10.3. The predicted molar refractivity (Wildman–Crippen MR) is 75.3 cm³/mol. The molecule has 0 unspecified atom stereocenters. The summed E-state index contributed by atoms with van der Waals surface area (Å²) in [5, 5.41) is 3.10. The molecule has 102 valence electrons. The maximum atomic E-state index is 12.3. The Balaban J connectivity index is 3.04. The number of hydrogen-bond donors (Lipinski definition) is 1. The van der Waals surface area contributed by atoms with Crippen LogP contribution >= 0.6 is 0 Å². The lowest BCUT2D eigenvalue weighted by Gasteiger charge is -2.23. The van der Waals surface area contributed by atoms with Gasteiger partial charge in [-0.05, 0) is 27.3 Å². The van der Waals surface area contributed by atoms with Gasteiger partial charge in [0.05, 0.1) is 0 Å². The molecule has 0 radical (unpaired) electrons. The molecule has 18 heavy (non-hydrogen) atoms. The molecule has 0 aliphatic heterocycles. The largest absolute Gasteiger partial charge is 0.351 e. The average molecular weight is 252 g/mol. The van der Waals surface area contributed by atoms with Crippen LogP contribution in [0.3, 0.4) is 0 Å². The molecule has 5 heteroatoms. The first-order valence-corrected chi connectivity index (χ1v) is 6.58. The van der Waals surface area contributed by atoms with Crippen LogP contribution < -0.4 is 15.8 Å². The van der Waals surface area contributed by atoms with Crippen LogP contribution in [0.5, 0.6) is 0 Å². The first kappa shape index (κ1) is 14.7. The van der Waals surface area contributed by atoms with Gasteiger partial charge in [-0.25, -0.2) is 4.98 Å². The summed E-state index contributed by atoms with van der Waals surface area (Å²) in [6, 6.07) is 0.159. The van der Waals surface area contributed by atoms with Crippen LogP contribution in [-0.2, 0) is 0 Å². The Morgan fingerprint density at radius 2 is 2.17 bits per heavy atom. The summed E-state index contributed by atoms with van der Waals surface area (Å²) < 4.78 is 1.73. The minimum Gasteiger partial charge on any atom is -0.351 e. The zero-order valence-corrected chi connectivity index (χ0v) is 11.8. The SMILES string of the molecule is CCCN(CCNC)c1nccn(C(C)C)c1=O. The fourth-order valence-corrected chi connectivity index (χ4v) is 1.88. The van der Waals surface area contributed by atoms with Crippen molar-refractivity contribution in [3.05, 3.63) is 22.7 Å². The first-order valence-electron chi connectivity index (χ1n) is 6.58. The highest BCUT2D eigenvalue weighted by atomic mass is 16.1. The number of nitrogens with zero attached hydrogens (tertiary/aromatic N) is 3. The van der Waals surface area contributed by atoms with Crippen molar-refractivity contribution in [3.8, 4) is 0 Å². The normalized spacial score (nSPS) is 10.9. The van der Waals surface area contributed by atoms with Gasteiger partial charge in [0.15, 0.2) is 5.82 Å². The monoisotopic (exact) mass is 252 g/mol.